The van der Waals surface area contributed by atoms with Crippen molar-refractivity contribution in [1.29, 1.82) is 0 Å². The van der Waals surface area contributed by atoms with Crippen LogP contribution in [0.25, 0.3) is 10.4 Å². The molecule has 0 spiro atoms. The molecular formula is C7H14N4O. The van der Waals surface area contributed by atoms with Gasteiger partial charge >= 0.3 is 0 Å². The molecule has 0 aliphatic heterocycles. The van der Waals surface area contributed by atoms with Crippen molar-refractivity contribution in [3.63, 3.8) is 0 Å². The van der Waals surface area contributed by atoms with Gasteiger partial charge in [0, 0.05) is 17.4 Å². The summed E-state index contributed by atoms with van der Waals surface area (Å²) in [5.74, 6) is -0.413. The fraction of sp³-hybridized carbons (Fsp3) is 0.857. The van der Waals surface area contributed by atoms with Crippen molar-refractivity contribution >= 4 is 5.91 Å². The minimum atomic E-state index is -0.413. The van der Waals surface area contributed by atoms with Crippen molar-refractivity contribution in [3.05, 3.63) is 10.4 Å². The molecular weight excluding hydrogens is 156 g/mol. The van der Waals surface area contributed by atoms with Crippen LogP contribution in [0.2, 0.25) is 0 Å². The van der Waals surface area contributed by atoms with Gasteiger partial charge in [-0.3, -0.25) is 4.79 Å². The van der Waals surface area contributed by atoms with Crippen LogP contribution >= 0.6 is 0 Å². The highest BCUT2D eigenvalue weighted by atomic mass is 16.1. The minimum Gasteiger partial charge on any atom is -0.370 e. The molecule has 0 heterocycles. The molecule has 0 saturated heterocycles. The van der Waals surface area contributed by atoms with E-state index >= 15 is 0 Å². The number of amides is 1. The first-order valence-corrected chi connectivity index (χ1v) is 4.03. The lowest BCUT2D eigenvalue weighted by Crippen LogP contribution is -2.18. The molecule has 0 aromatic carbocycles. The van der Waals surface area contributed by atoms with Crippen molar-refractivity contribution in [3.8, 4) is 0 Å². The maximum atomic E-state index is 10.5. The smallest absolute Gasteiger partial charge is 0.217 e. The third-order valence-corrected chi connectivity index (χ3v) is 1.54. The molecule has 0 aliphatic rings. The number of nitrogens with zero attached hydrogens (tertiary/aromatic N) is 3. The largest absolute Gasteiger partial charge is 0.370 e. The summed E-state index contributed by atoms with van der Waals surface area (Å²) in [5.41, 5.74) is 13.1. The number of unbranched alkanes of at least 4 members (excludes halogenated alkanes) is 1. The molecule has 0 fully saturated rings. The number of nitrogens with two attached hydrogens (primary N) is 1. The van der Waals surface area contributed by atoms with Gasteiger partial charge in [-0.2, -0.15) is 0 Å². The Morgan fingerprint density at radius 3 is 2.83 bits per heavy atom. The molecule has 5 heteroatoms. The van der Waals surface area contributed by atoms with Crippen molar-refractivity contribution in [1.82, 2.24) is 0 Å². The van der Waals surface area contributed by atoms with E-state index in [0.29, 0.717) is 0 Å². The fourth-order valence-electron chi connectivity index (χ4n) is 0.946. The number of azide groups is 1. The standard InChI is InChI=1S/C7H14N4O/c1-2-3-4-6(10-11-9)5-7(8)12/h6H,2-5H2,1H3,(H2,8,12)/t6-/m0/s1. The lowest BCUT2D eigenvalue weighted by molar-refractivity contribution is -0.118. The Bertz CT molecular complexity index is 186. The third kappa shape index (κ3) is 5.56. The molecule has 1 amide bonds. The average molecular weight is 170 g/mol. The second-order valence-corrected chi connectivity index (χ2v) is 2.67. The maximum Gasteiger partial charge on any atom is 0.217 e. The predicted molar refractivity (Wildman–Crippen MR) is 46.3 cm³/mol. The number of rotatable bonds is 6. The third-order valence-electron chi connectivity index (χ3n) is 1.54. The van der Waals surface area contributed by atoms with E-state index in [2.05, 4.69) is 10.0 Å². The fourth-order valence-corrected chi connectivity index (χ4v) is 0.946. The summed E-state index contributed by atoms with van der Waals surface area (Å²) < 4.78 is 0. The highest BCUT2D eigenvalue weighted by molar-refractivity contribution is 5.74. The first-order chi connectivity index (χ1) is 5.70. The number of hydrogen-bond donors (Lipinski definition) is 1. The summed E-state index contributed by atoms with van der Waals surface area (Å²) in [6.45, 7) is 2.04. The van der Waals surface area contributed by atoms with Gasteiger partial charge in [0.25, 0.3) is 0 Å². The molecule has 0 unspecified atom stereocenters. The first-order valence-electron chi connectivity index (χ1n) is 4.03. The lowest BCUT2D eigenvalue weighted by Gasteiger charge is -2.06. The summed E-state index contributed by atoms with van der Waals surface area (Å²) >= 11 is 0. The van der Waals surface area contributed by atoms with E-state index in [1.807, 2.05) is 6.92 Å². The summed E-state index contributed by atoms with van der Waals surface area (Å²) in [5, 5.41) is 3.48. The van der Waals surface area contributed by atoms with Gasteiger partial charge < -0.3 is 5.73 Å². The Balaban J connectivity index is 3.85. The van der Waals surface area contributed by atoms with Crippen molar-refractivity contribution in [2.45, 2.75) is 38.6 Å². The van der Waals surface area contributed by atoms with E-state index in [9.17, 15) is 4.79 Å². The molecule has 68 valence electrons. The van der Waals surface area contributed by atoms with Crippen LogP contribution in [0.3, 0.4) is 0 Å². The van der Waals surface area contributed by atoms with Crippen LogP contribution in [0.4, 0.5) is 0 Å². The zero-order valence-corrected chi connectivity index (χ0v) is 7.23. The number of carbonyl (C=O) groups excluding carboxylic acids is 1. The Morgan fingerprint density at radius 1 is 1.75 bits per heavy atom. The van der Waals surface area contributed by atoms with E-state index in [-0.39, 0.29) is 12.5 Å². The quantitative estimate of drug-likeness (QED) is 0.367. The van der Waals surface area contributed by atoms with Gasteiger partial charge in [-0.1, -0.05) is 24.9 Å². The normalized spacial score (nSPS) is 11.8. The van der Waals surface area contributed by atoms with Gasteiger partial charge in [0.2, 0.25) is 5.91 Å². The SMILES string of the molecule is CCCC[C@@H](CC(N)=O)N=[N+]=[N-]. The summed E-state index contributed by atoms with van der Waals surface area (Å²) in [6, 6.07) is -0.257. The van der Waals surface area contributed by atoms with Gasteiger partial charge in [-0.15, -0.1) is 0 Å². The van der Waals surface area contributed by atoms with Crippen molar-refractivity contribution < 1.29 is 4.79 Å². The zero-order chi connectivity index (χ0) is 9.40. The van der Waals surface area contributed by atoms with Gasteiger partial charge in [0.1, 0.15) is 0 Å². The Kier molecular flexibility index (Phi) is 5.83. The van der Waals surface area contributed by atoms with Crippen LogP contribution in [0.1, 0.15) is 32.6 Å². The van der Waals surface area contributed by atoms with Gasteiger partial charge in [0.15, 0.2) is 0 Å². The van der Waals surface area contributed by atoms with Gasteiger partial charge in [-0.05, 0) is 12.0 Å². The topological polar surface area (TPSA) is 91.9 Å². The molecule has 0 rings (SSSR count). The molecule has 2 N–H and O–H groups in total. The first kappa shape index (κ1) is 10.8. The van der Waals surface area contributed by atoms with Crippen LogP contribution in [0, 0.1) is 0 Å². The van der Waals surface area contributed by atoms with E-state index in [4.69, 9.17) is 11.3 Å². The molecule has 0 aliphatic carbocycles. The van der Waals surface area contributed by atoms with Crippen molar-refractivity contribution in [2.75, 3.05) is 0 Å². The van der Waals surface area contributed by atoms with Crippen molar-refractivity contribution in [2.24, 2.45) is 10.8 Å². The molecule has 0 aromatic heterocycles. The molecule has 1 atom stereocenters. The Hall–Kier alpha value is -1.22. The lowest BCUT2D eigenvalue weighted by atomic mass is 10.1. The number of carbonyl (C=O) groups is 1. The van der Waals surface area contributed by atoms with E-state index in [1.165, 1.54) is 0 Å². The average Bonchev–Trinajstić information content (AvgIpc) is 2.00. The predicted octanol–water partition coefficient (Wildman–Crippen LogP) is 1.73. The summed E-state index contributed by atoms with van der Waals surface area (Å²) in [6.07, 6.45) is 2.88. The molecule has 5 nitrogen and oxygen atoms in total. The monoisotopic (exact) mass is 170 g/mol. The van der Waals surface area contributed by atoms with Crippen LogP contribution < -0.4 is 5.73 Å². The van der Waals surface area contributed by atoms with Crippen LogP contribution in [-0.4, -0.2) is 11.9 Å². The highest BCUT2D eigenvalue weighted by Gasteiger charge is 2.08. The second-order valence-electron chi connectivity index (χ2n) is 2.67. The molecule has 0 saturated carbocycles. The van der Waals surface area contributed by atoms with E-state index < -0.39 is 5.91 Å². The number of hydrogen-bond acceptors (Lipinski definition) is 2. The molecule has 12 heavy (non-hydrogen) atoms. The van der Waals surface area contributed by atoms with Crippen LogP contribution in [0.5, 0.6) is 0 Å². The van der Waals surface area contributed by atoms with Crippen LogP contribution in [-0.2, 0) is 4.79 Å². The Labute approximate surface area is 71.6 Å². The summed E-state index contributed by atoms with van der Waals surface area (Å²) in [4.78, 5) is 13.1. The maximum absolute atomic E-state index is 10.5. The molecule has 0 aromatic rings. The molecule has 0 bridgehead atoms. The second kappa shape index (κ2) is 6.49. The minimum absolute atomic E-state index is 0.157. The zero-order valence-electron chi connectivity index (χ0n) is 7.23. The van der Waals surface area contributed by atoms with Gasteiger partial charge in [-0.25, -0.2) is 0 Å². The summed E-state index contributed by atoms with van der Waals surface area (Å²) in [7, 11) is 0. The number of primary amides is 1. The van der Waals surface area contributed by atoms with Gasteiger partial charge in [0.05, 0.1) is 0 Å². The molecule has 0 radical (unpaired) electrons. The van der Waals surface area contributed by atoms with Crippen LogP contribution in [0.15, 0.2) is 5.11 Å². The highest BCUT2D eigenvalue weighted by Crippen LogP contribution is 2.08. The van der Waals surface area contributed by atoms with E-state index in [1.54, 1.807) is 0 Å². The van der Waals surface area contributed by atoms with E-state index in [0.717, 1.165) is 19.3 Å². The Morgan fingerprint density at radius 2 is 2.42 bits per heavy atom.